The molecule has 0 aromatic carbocycles. The molecule has 3 nitrogen and oxygen atoms in total. The molecule has 0 saturated carbocycles. The fourth-order valence-corrected chi connectivity index (χ4v) is 1.93. The first-order chi connectivity index (χ1) is 6.95. The molecule has 0 radical (unpaired) electrons. The summed E-state index contributed by atoms with van der Waals surface area (Å²) in [7, 11) is 0. The zero-order chi connectivity index (χ0) is 9.64. The molecule has 0 aromatic heterocycles. The minimum Gasteiger partial charge on any atom is -0.497 e. The lowest BCUT2D eigenvalue weighted by atomic mass is 10.1. The molecule has 1 saturated heterocycles. The summed E-state index contributed by atoms with van der Waals surface area (Å²) in [6, 6.07) is 0.637. The maximum atomic E-state index is 5.49. The monoisotopic (exact) mass is 197 g/mol. The van der Waals surface area contributed by atoms with E-state index in [-0.39, 0.29) is 0 Å². The molecule has 0 bridgehead atoms. The first-order valence-corrected chi connectivity index (χ1v) is 5.57. The van der Waals surface area contributed by atoms with Gasteiger partial charge in [-0.1, -0.05) is 0 Å². The SMILES string of the molecule is C1=COC(CNC2CCOCC2)CC1. The average molecular weight is 197 g/mol. The van der Waals surface area contributed by atoms with Crippen molar-refractivity contribution in [1.82, 2.24) is 5.32 Å². The van der Waals surface area contributed by atoms with E-state index in [0.717, 1.165) is 45.4 Å². The van der Waals surface area contributed by atoms with Crippen molar-refractivity contribution in [2.24, 2.45) is 0 Å². The van der Waals surface area contributed by atoms with Gasteiger partial charge in [-0.15, -0.1) is 0 Å². The Morgan fingerprint density at radius 2 is 2.07 bits per heavy atom. The standard InChI is InChI=1S/C11H19NO2/c1-2-6-14-11(3-1)9-12-10-4-7-13-8-5-10/h2,6,10-12H,1,3-5,7-9H2. The molecule has 0 spiro atoms. The molecule has 2 rings (SSSR count). The molecule has 1 fully saturated rings. The van der Waals surface area contributed by atoms with Crippen LogP contribution in [0.2, 0.25) is 0 Å². The van der Waals surface area contributed by atoms with E-state index in [1.165, 1.54) is 0 Å². The van der Waals surface area contributed by atoms with E-state index >= 15 is 0 Å². The Labute approximate surface area is 85.5 Å². The van der Waals surface area contributed by atoms with Gasteiger partial charge in [-0.2, -0.15) is 0 Å². The van der Waals surface area contributed by atoms with Crippen LogP contribution < -0.4 is 5.32 Å². The van der Waals surface area contributed by atoms with Crippen molar-refractivity contribution >= 4 is 0 Å². The van der Waals surface area contributed by atoms with Gasteiger partial charge in [0.2, 0.25) is 0 Å². The molecule has 0 aliphatic carbocycles. The number of allylic oxidation sites excluding steroid dienone is 1. The van der Waals surface area contributed by atoms with Crippen molar-refractivity contribution in [3.8, 4) is 0 Å². The van der Waals surface area contributed by atoms with Crippen molar-refractivity contribution in [2.75, 3.05) is 19.8 Å². The van der Waals surface area contributed by atoms with Gasteiger partial charge < -0.3 is 14.8 Å². The quantitative estimate of drug-likeness (QED) is 0.742. The molecule has 1 unspecified atom stereocenters. The first kappa shape index (κ1) is 9.99. The lowest BCUT2D eigenvalue weighted by Crippen LogP contribution is -2.40. The van der Waals surface area contributed by atoms with E-state index in [1.807, 2.05) is 6.26 Å². The Kier molecular flexibility index (Phi) is 3.83. The summed E-state index contributed by atoms with van der Waals surface area (Å²) in [5.41, 5.74) is 0. The minimum atomic E-state index is 0.378. The summed E-state index contributed by atoms with van der Waals surface area (Å²) < 4.78 is 10.8. The summed E-state index contributed by atoms with van der Waals surface area (Å²) in [6.45, 7) is 2.79. The van der Waals surface area contributed by atoms with Gasteiger partial charge in [0.05, 0.1) is 6.26 Å². The summed E-state index contributed by atoms with van der Waals surface area (Å²) in [5, 5.41) is 3.55. The fourth-order valence-electron chi connectivity index (χ4n) is 1.93. The molecule has 14 heavy (non-hydrogen) atoms. The number of ether oxygens (including phenoxy) is 2. The van der Waals surface area contributed by atoms with Crippen LogP contribution >= 0.6 is 0 Å². The smallest absolute Gasteiger partial charge is 0.110 e. The van der Waals surface area contributed by atoms with Gasteiger partial charge in [-0.25, -0.2) is 0 Å². The highest BCUT2D eigenvalue weighted by molar-refractivity contribution is 4.84. The lowest BCUT2D eigenvalue weighted by molar-refractivity contribution is 0.0681. The molecule has 1 atom stereocenters. The predicted octanol–water partition coefficient (Wildman–Crippen LogP) is 1.45. The maximum Gasteiger partial charge on any atom is 0.110 e. The van der Waals surface area contributed by atoms with Crippen molar-refractivity contribution in [1.29, 1.82) is 0 Å². The van der Waals surface area contributed by atoms with Crippen LogP contribution in [0.5, 0.6) is 0 Å². The molecule has 2 aliphatic heterocycles. The predicted molar refractivity (Wildman–Crippen MR) is 55.1 cm³/mol. The van der Waals surface area contributed by atoms with Crippen LogP contribution in [-0.2, 0) is 9.47 Å². The second-order valence-corrected chi connectivity index (χ2v) is 4.00. The first-order valence-electron chi connectivity index (χ1n) is 5.57. The average Bonchev–Trinajstić information content (AvgIpc) is 2.29. The molecule has 0 aromatic rings. The van der Waals surface area contributed by atoms with Crippen LogP contribution in [0.25, 0.3) is 0 Å². The summed E-state index contributed by atoms with van der Waals surface area (Å²) in [4.78, 5) is 0. The second kappa shape index (κ2) is 5.37. The van der Waals surface area contributed by atoms with Gasteiger partial charge >= 0.3 is 0 Å². The molecule has 3 heteroatoms. The third kappa shape index (κ3) is 3.00. The molecular weight excluding hydrogens is 178 g/mol. The third-order valence-corrected chi connectivity index (χ3v) is 2.88. The van der Waals surface area contributed by atoms with E-state index in [9.17, 15) is 0 Å². The highest BCUT2D eigenvalue weighted by Gasteiger charge is 2.16. The zero-order valence-corrected chi connectivity index (χ0v) is 8.58. The normalized spacial score (nSPS) is 28.7. The number of rotatable bonds is 3. The Morgan fingerprint density at radius 3 is 2.79 bits per heavy atom. The van der Waals surface area contributed by atoms with Gasteiger partial charge in [-0.3, -0.25) is 0 Å². The third-order valence-electron chi connectivity index (χ3n) is 2.88. The zero-order valence-electron chi connectivity index (χ0n) is 8.58. The molecular formula is C11H19NO2. The topological polar surface area (TPSA) is 30.5 Å². The van der Waals surface area contributed by atoms with Crippen LogP contribution in [0.15, 0.2) is 12.3 Å². The highest BCUT2D eigenvalue weighted by Crippen LogP contribution is 2.11. The molecule has 1 N–H and O–H groups in total. The molecule has 0 amide bonds. The Morgan fingerprint density at radius 1 is 1.21 bits per heavy atom. The van der Waals surface area contributed by atoms with Crippen molar-refractivity contribution in [3.05, 3.63) is 12.3 Å². The second-order valence-electron chi connectivity index (χ2n) is 4.00. The fraction of sp³-hybridized carbons (Fsp3) is 0.818. The van der Waals surface area contributed by atoms with E-state index in [0.29, 0.717) is 12.1 Å². The van der Waals surface area contributed by atoms with Gasteiger partial charge in [0.15, 0.2) is 0 Å². The van der Waals surface area contributed by atoms with Crippen LogP contribution in [0, 0.1) is 0 Å². The van der Waals surface area contributed by atoms with Crippen LogP contribution in [0.4, 0.5) is 0 Å². The lowest BCUT2D eigenvalue weighted by Gasteiger charge is -2.26. The Bertz CT molecular complexity index is 188. The van der Waals surface area contributed by atoms with Crippen LogP contribution in [0.3, 0.4) is 0 Å². The summed E-state index contributed by atoms with van der Waals surface area (Å²) in [6.07, 6.45) is 8.88. The van der Waals surface area contributed by atoms with Gasteiger partial charge in [0.25, 0.3) is 0 Å². The maximum absolute atomic E-state index is 5.49. The summed E-state index contributed by atoms with van der Waals surface area (Å²) in [5.74, 6) is 0. The van der Waals surface area contributed by atoms with Gasteiger partial charge in [0.1, 0.15) is 6.10 Å². The van der Waals surface area contributed by atoms with Crippen molar-refractivity contribution < 1.29 is 9.47 Å². The largest absolute Gasteiger partial charge is 0.497 e. The van der Waals surface area contributed by atoms with E-state index in [2.05, 4.69) is 11.4 Å². The Balaban J connectivity index is 1.63. The van der Waals surface area contributed by atoms with Gasteiger partial charge in [0, 0.05) is 25.8 Å². The van der Waals surface area contributed by atoms with Crippen LogP contribution in [-0.4, -0.2) is 31.9 Å². The highest BCUT2D eigenvalue weighted by atomic mass is 16.5. The van der Waals surface area contributed by atoms with E-state index in [1.54, 1.807) is 0 Å². The van der Waals surface area contributed by atoms with Gasteiger partial charge in [-0.05, 0) is 31.8 Å². The molecule has 80 valence electrons. The molecule has 2 aliphatic rings. The van der Waals surface area contributed by atoms with Crippen molar-refractivity contribution in [2.45, 2.75) is 37.8 Å². The number of nitrogens with one attached hydrogen (secondary N) is 1. The Hall–Kier alpha value is -0.540. The van der Waals surface area contributed by atoms with Crippen LogP contribution in [0.1, 0.15) is 25.7 Å². The van der Waals surface area contributed by atoms with E-state index in [4.69, 9.17) is 9.47 Å². The molecule has 2 heterocycles. The minimum absolute atomic E-state index is 0.378. The van der Waals surface area contributed by atoms with E-state index < -0.39 is 0 Å². The van der Waals surface area contributed by atoms with Crippen molar-refractivity contribution in [3.63, 3.8) is 0 Å². The number of hydrogen-bond acceptors (Lipinski definition) is 3. The summed E-state index contributed by atoms with van der Waals surface area (Å²) >= 11 is 0. The number of hydrogen-bond donors (Lipinski definition) is 1.